The Balaban J connectivity index is 2.29. The summed E-state index contributed by atoms with van der Waals surface area (Å²) in [6.07, 6.45) is -4.37. The molecule has 0 aliphatic heterocycles. The number of halogens is 5. The summed E-state index contributed by atoms with van der Waals surface area (Å²) < 4.78 is 48.6. The van der Waals surface area contributed by atoms with Crippen molar-refractivity contribution in [3.8, 4) is 0 Å². The molecule has 15 heavy (non-hydrogen) atoms. The molecule has 0 N–H and O–H groups in total. The predicted molar refractivity (Wildman–Crippen MR) is 54.8 cm³/mol. The van der Waals surface area contributed by atoms with Gasteiger partial charge in [-0.05, 0) is 31.1 Å². The molecule has 5 heteroatoms. The monoisotopic (exact) mass is 290 g/mol. The summed E-state index contributed by atoms with van der Waals surface area (Å²) >= 11 is 3.36. The van der Waals surface area contributed by atoms with Crippen LogP contribution in [0.4, 0.5) is 17.6 Å². The molecule has 1 rings (SSSR count). The second kappa shape index (κ2) is 5.51. The van der Waals surface area contributed by atoms with Crippen molar-refractivity contribution in [1.29, 1.82) is 0 Å². The average Bonchev–Trinajstić information content (AvgIpc) is 2.17. The number of hydrogen-bond donors (Lipinski definition) is 0. The van der Waals surface area contributed by atoms with Gasteiger partial charge in [-0.15, -0.1) is 0 Å². The fraction of sp³-hybridized carbons (Fsp3) is 1.00. The quantitative estimate of drug-likeness (QED) is 0.531. The van der Waals surface area contributed by atoms with Crippen molar-refractivity contribution in [2.45, 2.75) is 44.5 Å². The van der Waals surface area contributed by atoms with E-state index < -0.39 is 12.3 Å². The van der Waals surface area contributed by atoms with E-state index in [4.69, 9.17) is 0 Å². The van der Waals surface area contributed by atoms with E-state index in [1.54, 1.807) is 0 Å². The van der Waals surface area contributed by atoms with Gasteiger partial charge >= 0.3 is 6.18 Å². The van der Waals surface area contributed by atoms with Crippen LogP contribution in [0.15, 0.2) is 0 Å². The Hall–Kier alpha value is 0.200. The molecular weight excluding hydrogens is 276 g/mol. The van der Waals surface area contributed by atoms with Crippen LogP contribution in [0.5, 0.6) is 0 Å². The standard InChI is InChI=1S/C10H15BrF4/c11-6-8-3-1-7(2-4-8)5-9(12)10(13,14)15/h7-9H,1-6H2. The Morgan fingerprint density at radius 1 is 1.07 bits per heavy atom. The van der Waals surface area contributed by atoms with Gasteiger partial charge in [-0.3, -0.25) is 0 Å². The minimum Gasteiger partial charge on any atom is -0.237 e. The Morgan fingerprint density at radius 3 is 1.93 bits per heavy atom. The van der Waals surface area contributed by atoms with Crippen molar-refractivity contribution < 1.29 is 17.6 Å². The third-order valence-corrected chi connectivity index (χ3v) is 4.00. The Bertz CT molecular complexity index is 184. The van der Waals surface area contributed by atoms with Gasteiger partial charge in [0.25, 0.3) is 0 Å². The minimum absolute atomic E-state index is 0.0862. The maximum atomic E-state index is 12.7. The van der Waals surface area contributed by atoms with E-state index in [2.05, 4.69) is 15.9 Å². The molecule has 0 aromatic heterocycles. The van der Waals surface area contributed by atoms with Crippen LogP contribution in [0, 0.1) is 11.8 Å². The predicted octanol–water partition coefficient (Wildman–Crippen LogP) is 4.48. The molecule has 0 heterocycles. The molecule has 0 aromatic rings. The van der Waals surface area contributed by atoms with Crippen molar-refractivity contribution in [3.63, 3.8) is 0 Å². The summed E-state index contributed by atoms with van der Waals surface area (Å²) in [5.41, 5.74) is 0. The fourth-order valence-electron chi connectivity index (χ4n) is 2.05. The third kappa shape index (κ3) is 4.29. The van der Waals surface area contributed by atoms with Gasteiger partial charge in [-0.2, -0.15) is 13.2 Å². The van der Waals surface area contributed by atoms with Gasteiger partial charge < -0.3 is 0 Å². The van der Waals surface area contributed by atoms with E-state index in [9.17, 15) is 17.6 Å². The zero-order valence-corrected chi connectivity index (χ0v) is 9.95. The molecule has 0 bridgehead atoms. The summed E-state index contributed by atoms with van der Waals surface area (Å²) in [7, 11) is 0. The van der Waals surface area contributed by atoms with E-state index in [0.29, 0.717) is 5.92 Å². The summed E-state index contributed by atoms with van der Waals surface area (Å²) in [5, 5.41) is 0.901. The van der Waals surface area contributed by atoms with Crippen LogP contribution in [0.25, 0.3) is 0 Å². The average molecular weight is 291 g/mol. The molecule has 1 aliphatic rings. The molecule has 0 amide bonds. The molecule has 0 radical (unpaired) electrons. The Labute approximate surface area is 95.5 Å². The first kappa shape index (κ1) is 13.3. The van der Waals surface area contributed by atoms with Crippen molar-refractivity contribution in [2.24, 2.45) is 11.8 Å². The van der Waals surface area contributed by atoms with E-state index >= 15 is 0 Å². The minimum atomic E-state index is -4.67. The smallest absolute Gasteiger partial charge is 0.237 e. The van der Waals surface area contributed by atoms with E-state index in [1.165, 1.54) is 0 Å². The first-order valence-corrected chi connectivity index (χ1v) is 6.32. The van der Waals surface area contributed by atoms with Crippen LogP contribution < -0.4 is 0 Å². The fourth-order valence-corrected chi connectivity index (χ4v) is 2.70. The summed E-state index contributed by atoms with van der Waals surface area (Å²) in [5.74, 6) is 0.474. The SMILES string of the molecule is FC(CC1CCC(CBr)CC1)C(F)(F)F. The molecule has 1 atom stereocenters. The summed E-state index contributed by atoms with van der Waals surface area (Å²) in [6, 6.07) is 0. The normalized spacial score (nSPS) is 30.2. The first-order chi connectivity index (χ1) is 6.93. The van der Waals surface area contributed by atoms with Crippen LogP contribution in [-0.2, 0) is 0 Å². The van der Waals surface area contributed by atoms with Crippen LogP contribution >= 0.6 is 15.9 Å². The Kier molecular flexibility index (Phi) is 4.87. The number of rotatable bonds is 3. The molecule has 1 aliphatic carbocycles. The van der Waals surface area contributed by atoms with E-state index in [1.807, 2.05) is 0 Å². The van der Waals surface area contributed by atoms with Gasteiger partial charge in [0.15, 0.2) is 6.17 Å². The van der Waals surface area contributed by atoms with Crippen LogP contribution in [0.3, 0.4) is 0 Å². The van der Waals surface area contributed by atoms with Crippen molar-refractivity contribution in [2.75, 3.05) is 5.33 Å². The summed E-state index contributed by atoms with van der Waals surface area (Å²) in [4.78, 5) is 0. The molecule has 0 saturated heterocycles. The molecule has 1 fully saturated rings. The van der Waals surface area contributed by atoms with Gasteiger partial charge in [0, 0.05) is 5.33 Å². The zero-order valence-electron chi connectivity index (χ0n) is 8.36. The molecule has 0 nitrogen and oxygen atoms in total. The van der Waals surface area contributed by atoms with Crippen LogP contribution in [-0.4, -0.2) is 17.7 Å². The highest BCUT2D eigenvalue weighted by Gasteiger charge is 2.41. The molecular formula is C10H15BrF4. The number of hydrogen-bond acceptors (Lipinski definition) is 0. The molecule has 1 saturated carbocycles. The first-order valence-electron chi connectivity index (χ1n) is 5.20. The topological polar surface area (TPSA) is 0 Å². The molecule has 1 unspecified atom stereocenters. The van der Waals surface area contributed by atoms with E-state index in [-0.39, 0.29) is 12.3 Å². The highest BCUT2D eigenvalue weighted by Crippen LogP contribution is 2.36. The molecule has 90 valence electrons. The second-order valence-corrected chi connectivity index (χ2v) is 4.93. The summed E-state index contributed by atoms with van der Waals surface area (Å²) in [6.45, 7) is 0. The maximum absolute atomic E-state index is 12.7. The third-order valence-electron chi connectivity index (χ3n) is 3.08. The highest BCUT2D eigenvalue weighted by molar-refractivity contribution is 9.09. The van der Waals surface area contributed by atoms with Gasteiger partial charge in [0.1, 0.15) is 0 Å². The zero-order chi connectivity index (χ0) is 11.5. The van der Waals surface area contributed by atoms with Crippen LogP contribution in [0.2, 0.25) is 0 Å². The molecule has 0 aromatic carbocycles. The van der Waals surface area contributed by atoms with Gasteiger partial charge in [0.2, 0.25) is 0 Å². The van der Waals surface area contributed by atoms with Gasteiger partial charge in [0.05, 0.1) is 0 Å². The van der Waals surface area contributed by atoms with Crippen LogP contribution in [0.1, 0.15) is 32.1 Å². The lowest BCUT2D eigenvalue weighted by Crippen LogP contribution is -2.28. The maximum Gasteiger partial charge on any atom is 0.419 e. The van der Waals surface area contributed by atoms with Gasteiger partial charge in [-0.1, -0.05) is 28.8 Å². The largest absolute Gasteiger partial charge is 0.419 e. The number of alkyl halides is 5. The molecule has 0 spiro atoms. The van der Waals surface area contributed by atoms with Crippen molar-refractivity contribution in [1.82, 2.24) is 0 Å². The highest BCUT2D eigenvalue weighted by atomic mass is 79.9. The lowest BCUT2D eigenvalue weighted by molar-refractivity contribution is -0.185. The van der Waals surface area contributed by atoms with E-state index in [0.717, 1.165) is 31.0 Å². The van der Waals surface area contributed by atoms with Crippen molar-refractivity contribution >= 4 is 15.9 Å². The van der Waals surface area contributed by atoms with Gasteiger partial charge in [-0.25, -0.2) is 4.39 Å². The Morgan fingerprint density at radius 2 is 1.53 bits per heavy atom. The lowest BCUT2D eigenvalue weighted by Gasteiger charge is -2.28. The van der Waals surface area contributed by atoms with Crippen molar-refractivity contribution in [3.05, 3.63) is 0 Å². The lowest BCUT2D eigenvalue weighted by atomic mass is 9.80. The second-order valence-electron chi connectivity index (χ2n) is 4.29.